The molecule has 0 saturated heterocycles. The highest BCUT2D eigenvalue weighted by Crippen LogP contribution is 2.10. The predicted molar refractivity (Wildman–Crippen MR) is 79.6 cm³/mol. The summed E-state index contributed by atoms with van der Waals surface area (Å²) in [5, 5.41) is 2.83. The maximum Gasteiger partial charge on any atom is 0.258 e. The lowest BCUT2D eigenvalue weighted by Crippen LogP contribution is -2.43. The first kappa shape index (κ1) is 16.4. The van der Waals surface area contributed by atoms with E-state index in [4.69, 9.17) is 10.5 Å². The first-order valence-electron chi connectivity index (χ1n) is 6.94. The largest absolute Gasteiger partial charge is 0.482 e. The van der Waals surface area contributed by atoms with Crippen molar-refractivity contribution in [3.8, 4) is 5.75 Å². The van der Waals surface area contributed by atoms with E-state index in [1.165, 1.54) is 0 Å². The Morgan fingerprint density at radius 3 is 2.65 bits per heavy atom. The number of hydrogen-bond donors (Lipinski definition) is 2. The van der Waals surface area contributed by atoms with Crippen LogP contribution in [0, 0.1) is 0 Å². The van der Waals surface area contributed by atoms with Gasteiger partial charge in [0.1, 0.15) is 5.75 Å². The Bertz CT molecular complexity index is 424. The molecule has 1 aromatic rings. The molecule has 5 nitrogen and oxygen atoms in total. The number of rotatable bonds is 6. The predicted octanol–water partition coefficient (Wildman–Crippen LogP) is 1.65. The smallest absolute Gasteiger partial charge is 0.258 e. The Labute approximate surface area is 120 Å². The Morgan fingerprint density at radius 1 is 1.45 bits per heavy atom. The molecular formula is C15H25N3O2. The van der Waals surface area contributed by atoms with E-state index in [9.17, 15) is 4.79 Å². The molecule has 1 heterocycles. The molecule has 0 spiro atoms. The highest BCUT2D eigenvalue weighted by atomic mass is 16.5. The van der Waals surface area contributed by atoms with Crippen molar-refractivity contribution in [2.24, 2.45) is 5.73 Å². The molecule has 1 unspecified atom stereocenters. The summed E-state index contributed by atoms with van der Waals surface area (Å²) in [4.78, 5) is 15.9. The van der Waals surface area contributed by atoms with E-state index in [2.05, 4.69) is 17.2 Å². The number of amides is 1. The summed E-state index contributed by atoms with van der Waals surface area (Å²) in [6.45, 7) is 7.83. The van der Waals surface area contributed by atoms with Crippen molar-refractivity contribution in [1.29, 1.82) is 0 Å². The van der Waals surface area contributed by atoms with Gasteiger partial charge in [-0.3, -0.25) is 9.78 Å². The molecule has 1 rings (SSSR count). The summed E-state index contributed by atoms with van der Waals surface area (Å²) in [6.07, 6.45) is 3.30. The minimum atomic E-state index is -0.251. The third kappa shape index (κ3) is 6.52. The standard InChI is InChI=1S/C15H25N3O2/c1-5-11(16)8-12-6-7-13(9-17-12)20-10-14(19)18-15(2,3)4/h6-7,9,11H,5,8,10,16H2,1-4H3,(H,18,19). The number of pyridine rings is 1. The second-order valence-corrected chi connectivity index (χ2v) is 5.94. The third-order valence-electron chi connectivity index (χ3n) is 2.68. The van der Waals surface area contributed by atoms with Crippen molar-refractivity contribution < 1.29 is 9.53 Å². The summed E-state index contributed by atoms with van der Waals surface area (Å²) in [7, 11) is 0. The Balaban J connectivity index is 2.44. The zero-order valence-electron chi connectivity index (χ0n) is 12.8. The monoisotopic (exact) mass is 279 g/mol. The third-order valence-corrected chi connectivity index (χ3v) is 2.68. The first-order valence-corrected chi connectivity index (χ1v) is 6.94. The first-order chi connectivity index (χ1) is 9.30. The highest BCUT2D eigenvalue weighted by Gasteiger charge is 2.14. The molecule has 1 atom stereocenters. The van der Waals surface area contributed by atoms with Gasteiger partial charge in [-0.05, 0) is 39.3 Å². The van der Waals surface area contributed by atoms with Gasteiger partial charge in [0.2, 0.25) is 0 Å². The molecule has 0 aliphatic carbocycles. The summed E-state index contributed by atoms with van der Waals surface area (Å²) >= 11 is 0. The zero-order valence-corrected chi connectivity index (χ0v) is 12.8. The van der Waals surface area contributed by atoms with Crippen LogP contribution in [-0.2, 0) is 11.2 Å². The van der Waals surface area contributed by atoms with Crippen molar-refractivity contribution >= 4 is 5.91 Å². The average Bonchev–Trinajstić information content (AvgIpc) is 2.36. The van der Waals surface area contributed by atoms with Gasteiger partial charge in [0.05, 0.1) is 6.20 Å². The van der Waals surface area contributed by atoms with Gasteiger partial charge in [-0.2, -0.15) is 0 Å². The maximum absolute atomic E-state index is 11.6. The van der Waals surface area contributed by atoms with E-state index in [-0.39, 0.29) is 24.1 Å². The molecule has 0 saturated carbocycles. The fraction of sp³-hybridized carbons (Fsp3) is 0.600. The van der Waals surface area contributed by atoms with Gasteiger partial charge >= 0.3 is 0 Å². The summed E-state index contributed by atoms with van der Waals surface area (Å²) in [5.74, 6) is 0.442. The maximum atomic E-state index is 11.6. The van der Waals surface area contributed by atoms with Crippen LogP contribution in [0.15, 0.2) is 18.3 Å². The van der Waals surface area contributed by atoms with Crippen LogP contribution >= 0.6 is 0 Å². The van der Waals surface area contributed by atoms with Crippen molar-refractivity contribution in [2.75, 3.05) is 6.61 Å². The van der Waals surface area contributed by atoms with E-state index in [0.29, 0.717) is 5.75 Å². The van der Waals surface area contributed by atoms with E-state index in [1.807, 2.05) is 32.9 Å². The Morgan fingerprint density at radius 2 is 2.15 bits per heavy atom. The van der Waals surface area contributed by atoms with Gasteiger partial charge in [-0.25, -0.2) is 0 Å². The molecule has 0 aliphatic rings. The van der Waals surface area contributed by atoms with Gasteiger partial charge in [0, 0.05) is 23.7 Å². The van der Waals surface area contributed by atoms with Crippen molar-refractivity contribution in [3.63, 3.8) is 0 Å². The number of nitrogens with one attached hydrogen (secondary N) is 1. The Hall–Kier alpha value is -1.62. The molecule has 1 aromatic heterocycles. The van der Waals surface area contributed by atoms with Crippen LogP contribution in [0.25, 0.3) is 0 Å². The molecule has 1 amide bonds. The van der Waals surface area contributed by atoms with Gasteiger partial charge in [0.25, 0.3) is 5.91 Å². The van der Waals surface area contributed by atoms with Crippen LogP contribution in [0.4, 0.5) is 0 Å². The fourth-order valence-electron chi connectivity index (χ4n) is 1.63. The van der Waals surface area contributed by atoms with Gasteiger partial charge in [-0.1, -0.05) is 6.92 Å². The number of nitrogens with zero attached hydrogens (tertiary/aromatic N) is 1. The molecule has 112 valence electrons. The molecule has 5 heteroatoms. The summed E-state index contributed by atoms with van der Waals surface area (Å²) < 4.78 is 5.39. The van der Waals surface area contributed by atoms with Crippen LogP contribution in [0.5, 0.6) is 5.75 Å². The Kier molecular flexibility index (Phi) is 5.95. The van der Waals surface area contributed by atoms with Crippen LogP contribution in [0.2, 0.25) is 0 Å². The molecule has 3 N–H and O–H groups in total. The van der Waals surface area contributed by atoms with Crippen molar-refractivity contribution in [1.82, 2.24) is 10.3 Å². The summed E-state index contributed by atoms with van der Waals surface area (Å²) in [6, 6.07) is 3.83. The normalized spacial score (nSPS) is 12.8. The van der Waals surface area contributed by atoms with E-state index in [1.54, 1.807) is 6.20 Å². The summed E-state index contributed by atoms with van der Waals surface area (Å²) in [5.41, 5.74) is 6.56. The number of aromatic nitrogens is 1. The molecule has 0 aliphatic heterocycles. The minimum Gasteiger partial charge on any atom is -0.482 e. The van der Waals surface area contributed by atoms with Crippen LogP contribution < -0.4 is 15.8 Å². The average molecular weight is 279 g/mol. The minimum absolute atomic E-state index is 0.00717. The molecule has 0 radical (unpaired) electrons. The lowest BCUT2D eigenvalue weighted by Gasteiger charge is -2.20. The fourth-order valence-corrected chi connectivity index (χ4v) is 1.63. The van der Waals surface area contributed by atoms with E-state index < -0.39 is 0 Å². The van der Waals surface area contributed by atoms with Crippen LogP contribution in [-0.4, -0.2) is 29.1 Å². The zero-order chi connectivity index (χ0) is 15.2. The van der Waals surface area contributed by atoms with E-state index in [0.717, 1.165) is 18.5 Å². The van der Waals surface area contributed by atoms with Gasteiger partial charge < -0.3 is 15.8 Å². The molecule has 20 heavy (non-hydrogen) atoms. The second kappa shape index (κ2) is 7.24. The quantitative estimate of drug-likeness (QED) is 0.830. The van der Waals surface area contributed by atoms with Crippen molar-refractivity contribution in [2.45, 2.75) is 52.1 Å². The van der Waals surface area contributed by atoms with Gasteiger partial charge in [0.15, 0.2) is 6.61 Å². The number of ether oxygens (including phenoxy) is 1. The molecule has 0 aromatic carbocycles. The lowest BCUT2D eigenvalue weighted by atomic mass is 10.1. The second-order valence-electron chi connectivity index (χ2n) is 5.94. The topological polar surface area (TPSA) is 77.2 Å². The van der Waals surface area contributed by atoms with Crippen LogP contribution in [0.3, 0.4) is 0 Å². The number of carbonyl (C=O) groups is 1. The lowest BCUT2D eigenvalue weighted by molar-refractivity contribution is -0.124. The van der Waals surface area contributed by atoms with Crippen LogP contribution in [0.1, 0.15) is 39.8 Å². The number of carbonyl (C=O) groups excluding carboxylic acids is 1. The SMILES string of the molecule is CCC(N)Cc1ccc(OCC(=O)NC(C)(C)C)cn1. The van der Waals surface area contributed by atoms with Gasteiger partial charge in [-0.15, -0.1) is 0 Å². The molecular weight excluding hydrogens is 254 g/mol. The van der Waals surface area contributed by atoms with E-state index >= 15 is 0 Å². The number of nitrogens with two attached hydrogens (primary N) is 1. The van der Waals surface area contributed by atoms with Crippen molar-refractivity contribution in [3.05, 3.63) is 24.0 Å². The highest BCUT2D eigenvalue weighted by molar-refractivity contribution is 5.78. The number of hydrogen-bond acceptors (Lipinski definition) is 4. The molecule has 0 fully saturated rings. The molecule has 0 bridgehead atoms.